The summed E-state index contributed by atoms with van der Waals surface area (Å²) < 4.78 is 7.27. The van der Waals surface area contributed by atoms with Crippen LogP contribution in [0.15, 0.2) is 33.9 Å². The van der Waals surface area contributed by atoms with Crippen LogP contribution in [0.1, 0.15) is 34.6 Å². The molecule has 1 amide bonds. The largest absolute Gasteiger partial charge is 0.462 e. The first-order chi connectivity index (χ1) is 14.8. The third-order valence-corrected chi connectivity index (χ3v) is 5.91. The Morgan fingerprint density at radius 2 is 1.90 bits per heavy atom. The van der Waals surface area contributed by atoms with Gasteiger partial charge < -0.3 is 10.1 Å². The van der Waals surface area contributed by atoms with Gasteiger partial charge in [-0.05, 0) is 38.5 Å². The summed E-state index contributed by atoms with van der Waals surface area (Å²) in [5, 5.41) is 12.6. The quantitative estimate of drug-likeness (QED) is 0.587. The highest BCUT2D eigenvalue weighted by molar-refractivity contribution is 7.18. The van der Waals surface area contributed by atoms with E-state index in [-0.39, 0.29) is 35.1 Å². The molecule has 0 bridgehead atoms. The van der Waals surface area contributed by atoms with Crippen LogP contribution in [0.25, 0.3) is 10.9 Å². The van der Waals surface area contributed by atoms with Crippen LogP contribution < -0.4 is 16.6 Å². The Kier molecular flexibility index (Phi) is 6.36. The van der Waals surface area contributed by atoms with E-state index in [4.69, 9.17) is 4.74 Å². The predicted molar refractivity (Wildman–Crippen MR) is 116 cm³/mol. The van der Waals surface area contributed by atoms with Crippen LogP contribution in [0.3, 0.4) is 0 Å². The summed E-state index contributed by atoms with van der Waals surface area (Å²) >= 11 is 0.944. The molecule has 0 unspecified atom stereocenters. The lowest BCUT2D eigenvalue weighted by atomic mass is 10.2. The normalized spacial score (nSPS) is 10.6. The number of amides is 1. The van der Waals surface area contributed by atoms with Gasteiger partial charge in [0.2, 0.25) is 5.91 Å². The average Bonchev–Trinajstić information content (AvgIpc) is 3.06. The predicted octanol–water partition coefficient (Wildman–Crippen LogP) is 2.24. The van der Waals surface area contributed by atoms with Gasteiger partial charge in [-0.25, -0.2) is 9.59 Å². The van der Waals surface area contributed by atoms with Gasteiger partial charge in [0.25, 0.3) is 5.56 Å². The number of nitriles is 1. The number of nitrogens with zero attached hydrogens (tertiary/aromatic N) is 3. The minimum absolute atomic E-state index is 0.162. The van der Waals surface area contributed by atoms with Crippen molar-refractivity contribution in [1.29, 1.82) is 5.26 Å². The molecule has 2 aromatic heterocycles. The number of thiophene rings is 1. The number of anilines is 1. The van der Waals surface area contributed by atoms with Crippen LogP contribution in [-0.2, 0) is 22.6 Å². The number of esters is 1. The van der Waals surface area contributed by atoms with Gasteiger partial charge in [-0.2, -0.15) is 5.26 Å². The monoisotopic (exact) mass is 440 g/mol. The topological polar surface area (TPSA) is 123 Å². The molecule has 0 aliphatic rings. The van der Waals surface area contributed by atoms with Crippen molar-refractivity contribution in [2.24, 2.45) is 0 Å². The van der Waals surface area contributed by atoms with Crippen molar-refractivity contribution in [1.82, 2.24) is 9.13 Å². The number of hydrogen-bond acceptors (Lipinski definition) is 7. The number of carbonyl (C=O) groups is 2. The molecule has 3 aromatic rings. The van der Waals surface area contributed by atoms with E-state index in [2.05, 4.69) is 5.32 Å². The molecule has 0 fully saturated rings. The second kappa shape index (κ2) is 8.97. The van der Waals surface area contributed by atoms with E-state index in [0.29, 0.717) is 16.5 Å². The maximum Gasteiger partial charge on any atom is 0.348 e. The van der Waals surface area contributed by atoms with E-state index >= 15 is 0 Å². The van der Waals surface area contributed by atoms with Gasteiger partial charge >= 0.3 is 11.7 Å². The van der Waals surface area contributed by atoms with Crippen LogP contribution in [0, 0.1) is 18.3 Å². The van der Waals surface area contributed by atoms with Gasteiger partial charge in [0, 0.05) is 6.54 Å². The molecule has 1 N–H and O–H groups in total. The lowest BCUT2D eigenvalue weighted by molar-refractivity contribution is -0.116. The summed E-state index contributed by atoms with van der Waals surface area (Å²) in [6.07, 6.45) is 0. The third kappa shape index (κ3) is 4.00. The maximum atomic E-state index is 12.8. The zero-order chi connectivity index (χ0) is 22.7. The fourth-order valence-electron chi connectivity index (χ4n) is 3.24. The van der Waals surface area contributed by atoms with Gasteiger partial charge in [0.15, 0.2) is 0 Å². The SMILES string of the molecule is CCOC(=O)c1sc(NC(=O)Cn2c(=O)n(CC)c(=O)c3ccccc32)c(C#N)c1C. The fourth-order valence-corrected chi connectivity index (χ4v) is 4.31. The smallest absolute Gasteiger partial charge is 0.348 e. The minimum atomic E-state index is -0.601. The van der Waals surface area contributed by atoms with Crippen molar-refractivity contribution in [3.63, 3.8) is 0 Å². The number of hydrogen-bond donors (Lipinski definition) is 1. The molecule has 31 heavy (non-hydrogen) atoms. The lowest BCUT2D eigenvalue weighted by Gasteiger charge is -2.13. The van der Waals surface area contributed by atoms with Crippen LogP contribution in [0.4, 0.5) is 5.00 Å². The number of fused-ring (bicyclic) bond motifs is 1. The Labute approximate surface area is 181 Å². The Morgan fingerprint density at radius 3 is 2.55 bits per heavy atom. The van der Waals surface area contributed by atoms with Crippen molar-refractivity contribution >= 4 is 39.1 Å². The Hall–Kier alpha value is -3.71. The number of para-hydroxylation sites is 1. The van der Waals surface area contributed by atoms with Gasteiger partial charge in [-0.3, -0.25) is 18.7 Å². The zero-order valence-corrected chi connectivity index (χ0v) is 18.0. The molecule has 0 saturated heterocycles. The molecule has 1 aromatic carbocycles. The second-order valence-corrected chi connectivity index (χ2v) is 7.60. The molecule has 0 aliphatic heterocycles. The summed E-state index contributed by atoms with van der Waals surface area (Å²) in [6.45, 7) is 4.93. The Morgan fingerprint density at radius 1 is 1.19 bits per heavy atom. The molecule has 0 aliphatic carbocycles. The summed E-state index contributed by atoms with van der Waals surface area (Å²) in [4.78, 5) is 50.4. The molecule has 160 valence electrons. The molecular formula is C21H20N4O5S. The van der Waals surface area contributed by atoms with Crippen molar-refractivity contribution in [3.05, 3.63) is 61.1 Å². The summed E-state index contributed by atoms with van der Waals surface area (Å²) in [7, 11) is 0. The minimum Gasteiger partial charge on any atom is -0.462 e. The molecule has 3 rings (SSSR count). The van der Waals surface area contributed by atoms with Crippen molar-refractivity contribution in [2.75, 3.05) is 11.9 Å². The summed E-state index contributed by atoms with van der Waals surface area (Å²) in [6, 6.07) is 8.54. The molecule has 0 spiro atoms. The molecule has 9 nitrogen and oxygen atoms in total. The van der Waals surface area contributed by atoms with Crippen LogP contribution in [0.2, 0.25) is 0 Å². The number of benzene rings is 1. The van der Waals surface area contributed by atoms with E-state index in [0.717, 1.165) is 15.9 Å². The highest BCUT2D eigenvalue weighted by Crippen LogP contribution is 2.33. The first-order valence-corrected chi connectivity index (χ1v) is 10.4. The average molecular weight is 440 g/mol. The van der Waals surface area contributed by atoms with Gasteiger partial charge in [0.1, 0.15) is 22.5 Å². The van der Waals surface area contributed by atoms with Crippen molar-refractivity contribution < 1.29 is 14.3 Å². The number of aromatic nitrogens is 2. The zero-order valence-electron chi connectivity index (χ0n) is 17.2. The molecule has 2 heterocycles. The van der Waals surface area contributed by atoms with E-state index < -0.39 is 23.1 Å². The number of carbonyl (C=O) groups excluding carboxylic acids is 2. The van der Waals surface area contributed by atoms with E-state index in [1.54, 1.807) is 45.0 Å². The molecule has 0 radical (unpaired) electrons. The van der Waals surface area contributed by atoms with E-state index in [9.17, 15) is 24.4 Å². The highest BCUT2D eigenvalue weighted by atomic mass is 32.1. The number of nitrogens with one attached hydrogen (secondary N) is 1. The van der Waals surface area contributed by atoms with Crippen LogP contribution in [0.5, 0.6) is 0 Å². The number of rotatable bonds is 6. The van der Waals surface area contributed by atoms with Crippen molar-refractivity contribution in [3.8, 4) is 6.07 Å². The Balaban J connectivity index is 1.99. The standard InChI is InChI=1S/C21H20N4O5S/c1-4-24-19(27)13-8-6-7-9-15(13)25(21(24)29)11-16(26)23-18-14(10-22)12(3)17(31-18)20(28)30-5-2/h6-9H,4-5,11H2,1-3H3,(H,23,26). The summed E-state index contributed by atoms with van der Waals surface area (Å²) in [5.41, 5.74) is -0.0936. The summed E-state index contributed by atoms with van der Waals surface area (Å²) in [5.74, 6) is -1.14. The molecule has 0 saturated carbocycles. The van der Waals surface area contributed by atoms with Crippen LogP contribution >= 0.6 is 11.3 Å². The van der Waals surface area contributed by atoms with E-state index in [1.165, 1.54) is 4.57 Å². The van der Waals surface area contributed by atoms with Crippen LogP contribution in [-0.4, -0.2) is 27.6 Å². The van der Waals surface area contributed by atoms with Crippen molar-refractivity contribution in [2.45, 2.75) is 33.9 Å². The third-order valence-electron chi connectivity index (χ3n) is 4.72. The van der Waals surface area contributed by atoms with E-state index in [1.807, 2.05) is 6.07 Å². The van der Waals surface area contributed by atoms with Gasteiger partial charge in [-0.15, -0.1) is 11.3 Å². The highest BCUT2D eigenvalue weighted by Gasteiger charge is 2.23. The van der Waals surface area contributed by atoms with Gasteiger partial charge in [0.05, 0.1) is 23.1 Å². The maximum absolute atomic E-state index is 12.8. The lowest BCUT2D eigenvalue weighted by Crippen LogP contribution is -2.41. The molecule has 0 atom stereocenters. The first-order valence-electron chi connectivity index (χ1n) is 9.56. The molecule has 10 heteroatoms. The first kappa shape index (κ1) is 22.0. The van der Waals surface area contributed by atoms with Gasteiger partial charge in [-0.1, -0.05) is 12.1 Å². The fraction of sp³-hybridized carbons (Fsp3) is 0.286. The second-order valence-electron chi connectivity index (χ2n) is 6.58. The Bertz CT molecular complexity index is 1340. The molecular weight excluding hydrogens is 420 g/mol. The number of ether oxygens (including phenoxy) is 1.